The van der Waals surface area contributed by atoms with Crippen LogP contribution < -0.4 is 14.8 Å². The van der Waals surface area contributed by atoms with E-state index in [1.165, 1.54) is 6.07 Å². The van der Waals surface area contributed by atoms with E-state index in [1.807, 2.05) is 19.1 Å². The fraction of sp³-hybridized carbons (Fsp3) is 0.182. The van der Waals surface area contributed by atoms with Crippen LogP contribution in [0, 0.1) is 12.7 Å². The van der Waals surface area contributed by atoms with Crippen molar-refractivity contribution < 1.29 is 18.7 Å². The number of hydrogen-bond acceptors (Lipinski definition) is 4. The van der Waals surface area contributed by atoms with E-state index in [4.69, 9.17) is 9.47 Å². The van der Waals surface area contributed by atoms with Crippen LogP contribution in [-0.2, 0) is 6.61 Å². The van der Waals surface area contributed by atoms with Gasteiger partial charge >= 0.3 is 0 Å². The van der Waals surface area contributed by atoms with Crippen LogP contribution in [0.3, 0.4) is 0 Å². The molecule has 0 spiro atoms. The zero-order chi connectivity index (χ0) is 19.9. The van der Waals surface area contributed by atoms with Gasteiger partial charge in [-0.1, -0.05) is 12.1 Å². The fourth-order valence-corrected chi connectivity index (χ4v) is 2.56. The Morgan fingerprint density at radius 1 is 1.11 bits per heavy atom. The molecule has 144 valence electrons. The van der Waals surface area contributed by atoms with Gasteiger partial charge in [-0.3, -0.25) is 9.78 Å². The van der Waals surface area contributed by atoms with Crippen LogP contribution in [0.1, 0.15) is 28.4 Å². The number of nitrogens with zero attached hydrogens (tertiary/aromatic N) is 1. The zero-order valence-electron chi connectivity index (χ0n) is 15.7. The molecule has 0 aliphatic rings. The maximum Gasteiger partial charge on any atom is 0.255 e. The summed E-state index contributed by atoms with van der Waals surface area (Å²) >= 11 is 0. The van der Waals surface area contributed by atoms with E-state index in [-0.39, 0.29) is 11.7 Å². The Labute approximate surface area is 163 Å². The van der Waals surface area contributed by atoms with Gasteiger partial charge in [0.25, 0.3) is 5.91 Å². The third kappa shape index (κ3) is 4.85. The average molecular weight is 380 g/mol. The van der Waals surface area contributed by atoms with Gasteiger partial charge in [-0.15, -0.1) is 0 Å². The van der Waals surface area contributed by atoms with E-state index in [0.29, 0.717) is 41.5 Å². The van der Waals surface area contributed by atoms with Gasteiger partial charge in [-0.05, 0) is 55.8 Å². The lowest BCUT2D eigenvalue weighted by atomic mass is 10.1. The van der Waals surface area contributed by atoms with E-state index >= 15 is 0 Å². The topological polar surface area (TPSA) is 60.5 Å². The number of nitrogens with one attached hydrogen (secondary N) is 1. The quantitative estimate of drug-likeness (QED) is 0.642. The molecule has 0 fully saturated rings. The van der Waals surface area contributed by atoms with Crippen molar-refractivity contribution in [3.63, 3.8) is 0 Å². The number of carbonyl (C=O) groups excluding carboxylic acids is 1. The molecule has 0 bridgehead atoms. The van der Waals surface area contributed by atoms with E-state index in [0.717, 1.165) is 5.56 Å². The average Bonchev–Trinajstić information content (AvgIpc) is 2.71. The first-order valence-corrected chi connectivity index (χ1v) is 8.93. The Bertz CT molecular complexity index is 961. The van der Waals surface area contributed by atoms with E-state index < -0.39 is 0 Å². The standard InChI is InChI=1S/C22H21FN2O3/c1-3-27-21-11-17(22(26)25-18-8-6-15(2)19(23)12-18)7-9-20(21)28-14-16-5-4-10-24-13-16/h4-13H,3,14H2,1-2H3,(H,25,26). The van der Waals surface area contributed by atoms with Crippen molar-refractivity contribution in [2.75, 3.05) is 11.9 Å². The molecule has 0 saturated carbocycles. The van der Waals surface area contributed by atoms with E-state index in [1.54, 1.807) is 49.6 Å². The predicted octanol–water partition coefficient (Wildman–Crippen LogP) is 4.76. The molecule has 0 saturated heterocycles. The van der Waals surface area contributed by atoms with Crippen LogP contribution in [0.25, 0.3) is 0 Å². The highest BCUT2D eigenvalue weighted by molar-refractivity contribution is 6.04. The third-order valence-electron chi connectivity index (χ3n) is 4.05. The first-order valence-electron chi connectivity index (χ1n) is 8.93. The summed E-state index contributed by atoms with van der Waals surface area (Å²) < 4.78 is 25.1. The molecule has 0 aliphatic heterocycles. The molecular weight excluding hydrogens is 359 g/mol. The van der Waals surface area contributed by atoms with Gasteiger partial charge in [0.1, 0.15) is 12.4 Å². The number of rotatable bonds is 7. The van der Waals surface area contributed by atoms with Crippen LogP contribution in [-0.4, -0.2) is 17.5 Å². The molecule has 0 aliphatic carbocycles. The lowest BCUT2D eigenvalue weighted by Gasteiger charge is -2.13. The number of carbonyl (C=O) groups is 1. The molecule has 1 amide bonds. The van der Waals surface area contributed by atoms with Gasteiger partial charge in [0.15, 0.2) is 11.5 Å². The fourth-order valence-electron chi connectivity index (χ4n) is 2.56. The molecule has 6 heteroatoms. The highest BCUT2D eigenvalue weighted by atomic mass is 19.1. The lowest BCUT2D eigenvalue weighted by Crippen LogP contribution is -2.12. The van der Waals surface area contributed by atoms with Crippen molar-refractivity contribution >= 4 is 11.6 Å². The second-order valence-corrected chi connectivity index (χ2v) is 6.16. The molecule has 2 aromatic carbocycles. The minimum atomic E-state index is -0.369. The molecule has 3 rings (SSSR count). The van der Waals surface area contributed by atoms with Crippen LogP contribution in [0.5, 0.6) is 11.5 Å². The van der Waals surface area contributed by atoms with Crippen molar-refractivity contribution in [2.45, 2.75) is 20.5 Å². The molecule has 28 heavy (non-hydrogen) atoms. The summed E-state index contributed by atoms with van der Waals surface area (Å²) in [6, 6.07) is 13.3. The summed E-state index contributed by atoms with van der Waals surface area (Å²) in [6.07, 6.45) is 3.42. The summed E-state index contributed by atoms with van der Waals surface area (Å²) in [6.45, 7) is 4.28. The first kappa shape index (κ1) is 19.4. The summed E-state index contributed by atoms with van der Waals surface area (Å²) in [4.78, 5) is 16.6. The third-order valence-corrected chi connectivity index (χ3v) is 4.05. The van der Waals surface area contributed by atoms with E-state index in [9.17, 15) is 9.18 Å². The number of benzene rings is 2. The molecule has 1 N–H and O–H groups in total. The summed E-state index contributed by atoms with van der Waals surface area (Å²) in [7, 11) is 0. The monoisotopic (exact) mass is 380 g/mol. The molecular formula is C22H21FN2O3. The number of pyridine rings is 1. The number of aryl methyl sites for hydroxylation is 1. The number of anilines is 1. The Morgan fingerprint density at radius 3 is 2.68 bits per heavy atom. The molecule has 0 atom stereocenters. The molecule has 0 unspecified atom stereocenters. The van der Waals surface area contributed by atoms with Crippen LogP contribution >= 0.6 is 0 Å². The first-order chi connectivity index (χ1) is 13.6. The van der Waals surface area contributed by atoms with Crippen molar-refractivity contribution in [2.24, 2.45) is 0 Å². The molecule has 0 radical (unpaired) electrons. The van der Waals surface area contributed by atoms with Crippen molar-refractivity contribution in [3.8, 4) is 11.5 Å². The molecule has 1 aromatic heterocycles. The summed E-state index contributed by atoms with van der Waals surface area (Å²) in [5.74, 6) is 0.271. The van der Waals surface area contributed by atoms with Crippen LogP contribution in [0.2, 0.25) is 0 Å². The van der Waals surface area contributed by atoms with Crippen molar-refractivity contribution in [1.82, 2.24) is 4.98 Å². The van der Waals surface area contributed by atoms with Crippen LogP contribution in [0.4, 0.5) is 10.1 Å². The Morgan fingerprint density at radius 2 is 1.96 bits per heavy atom. The maximum absolute atomic E-state index is 13.7. The molecule has 5 nitrogen and oxygen atoms in total. The predicted molar refractivity (Wildman–Crippen MR) is 105 cm³/mol. The van der Waals surface area contributed by atoms with Gasteiger partial charge in [0, 0.05) is 29.2 Å². The minimum Gasteiger partial charge on any atom is -0.490 e. The van der Waals surface area contributed by atoms with Crippen LogP contribution in [0.15, 0.2) is 60.9 Å². The van der Waals surface area contributed by atoms with Gasteiger partial charge in [-0.2, -0.15) is 0 Å². The Balaban J connectivity index is 1.75. The SMILES string of the molecule is CCOc1cc(C(=O)Nc2ccc(C)c(F)c2)ccc1OCc1cccnc1. The number of halogens is 1. The summed E-state index contributed by atoms with van der Waals surface area (Å²) in [5, 5.41) is 2.69. The Hall–Kier alpha value is -3.41. The van der Waals surface area contributed by atoms with Gasteiger partial charge < -0.3 is 14.8 Å². The lowest BCUT2D eigenvalue weighted by molar-refractivity contribution is 0.102. The molecule has 3 aromatic rings. The zero-order valence-corrected chi connectivity index (χ0v) is 15.7. The van der Waals surface area contributed by atoms with E-state index in [2.05, 4.69) is 10.3 Å². The van der Waals surface area contributed by atoms with Crippen molar-refractivity contribution in [3.05, 3.63) is 83.4 Å². The number of amides is 1. The number of aromatic nitrogens is 1. The molecule has 1 heterocycles. The van der Waals surface area contributed by atoms with Gasteiger partial charge in [0.05, 0.1) is 6.61 Å². The smallest absolute Gasteiger partial charge is 0.255 e. The second kappa shape index (κ2) is 8.99. The second-order valence-electron chi connectivity index (χ2n) is 6.16. The number of ether oxygens (including phenoxy) is 2. The Kier molecular flexibility index (Phi) is 6.22. The number of hydrogen-bond donors (Lipinski definition) is 1. The minimum absolute atomic E-state index is 0.335. The highest BCUT2D eigenvalue weighted by Crippen LogP contribution is 2.29. The van der Waals surface area contributed by atoms with Crippen molar-refractivity contribution in [1.29, 1.82) is 0 Å². The maximum atomic E-state index is 13.7. The van der Waals surface area contributed by atoms with Gasteiger partial charge in [0.2, 0.25) is 0 Å². The largest absolute Gasteiger partial charge is 0.490 e. The van der Waals surface area contributed by atoms with Gasteiger partial charge in [-0.25, -0.2) is 4.39 Å². The highest BCUT2D eigenvalue weighted by Gasteiger charge is 2.13. The summed E-state index contributed by atoms with van der Waals surface area (Å²) in [5.41, 5.74) is 2.22. The normalized spacial score (nSPS) is 10.4.